The molecule has 0 aliphatic heterocycles. The van der Waals surface area contributed by atoms with Gasteiger partial charge in [0.05, 0.1) is 12.7 Å². The van der Waals surface area contributed by atoms with E-state index >= 15 is 0 Å². The highest BCUT2D eigenvalue weighted by atomic mass is 35.5. The lowest BCUT2D eigenvalue weighted by atomic mass is 10.2. The van der Waals surface area contributed by atoms with E-state index in [4.69, 9.17) is 11.6 Å². The van der Waals surface area contributed by atoms with Crippen LogP contribution in [0.15, 0.2) is 36.7 Å². The van der Waals surface area contributed by atoms with Gasteiger partial charge in [0, 0.05) is 35.7 Å². The summed E-state index contributed by atoms with van der Waals surface area (Å²) in [6, 6.07) is 7.43. The molecule has 0 spiro atoms. The molecule has 3 aromatic rings. The number of rotatable bonds is 4. The number of aromatic nitrogens is 4. The SMILES string of the molecule is Cn1c(C(=O)NCCn2ccnn2)cc2ccc(Cl)cc21. The van der Waals surface area contributed by atoms with Crippen LogP contribution in [0.5, 0.6) is 0 Å². The monoisotopic (exact) mass is 303 g/mol. The molecule has 6 nitrogen and oxygen atoms in total. The minimum Gasteiger partial charge on any atom is -0.349 e. The normalized spacial score (nSPS) is 11.0. The van der Waals surface area contributed by atoms with Gasteiger partial charge in [-0.25, -0.2) is 0 Å². The number of aryl methyl sites for hydroxylation is 1. The summed E-state index contributed by atoms with van der Waals surface area (Å²) in [5.41, 5.74) is 1.54. The van der Waals surface area contributed by atoms with Crippen LogP contribution < -0.4 is 5.32 Å². The number of halogens is 1. The molecule has 1 amide bonds. The summed E-state index contributed by atoms with van der Waals surface area (Å²) in [7, 11) is 1.85. The second-order valence-corrected chi connectivity index (χ2v) is 5.15. The first-order valence-electron chi connectivity index (χ1n) is 6.52. The van der Waals surface area contributed by atoms with Crippen LogP contribution in [0.4, 0.5) is 0 Å². The van der Waals surface area contributed by atoms with Crippen LogP contribution in [0.2, 0.25) is 5.02 Å². The van der Waals surface area contributed by atoms with E-state index in [1.807, 2.05) is 35.9 Å². The van der Waals surface area contributed by atoms with Gasteiger partial charge in [-0.1, -0.05) is 22.9 Å². The van der Waals surface area contributed by atoms with E-state index in [0.717, 1.165) is 10.9 Å². The van der Waals surface area contributed by atoms with E-state index in [2.05, 4.69) is 15.6 Å². The second-order valence-electron chi connectivity index (χ2n) is 4.71. The number of benzene rings is 1. The van der Waals surface area contributed by atoms with Crippen molar-refractivity contribution >= 4 is 28.4 Å². The number of carbonyl (C=O) groups excluding carboxylic acids is 1. The Morgan fingerprint density at radius 3 is 3.00 bits per heavy atom. The third-order valence-corrected chi connectivity index (χ3v) is 3.57. The average molecular weight is 304 g/mol. The molecule has 0 bridgehead atoms. The molecule has 0 fully saturated rings. The molecule has 1 N–H and O–H groups in total. The van der Waals surface area contributed by atoms with Gasteiger partial charge in [-0.2, -0.15) is 0 Å². The Bertz CT molecular complexity index is 778. The van der Waals surface area contributed by atoms with Crippen LogP contribution >= 0.6 is 11.6 Å². The Morgan fingerprint density at radius 2 is 2.24 bits per heavy atom. The zero-order chi connectivity index (χ0) is 14.8. The first-order chi connectivity index (χ1) is 10.1. The number of nitrogens with one attached hydrogen (secondary N) is 1. The van der Waals surface area contributed by atoms with Gasteiger partial charge in [-0.05, 0) is 18.2 Å². The van der Waals surface area contributed by atoms with Crippen LogP contribution in [0, 0.1) is 0 Å². The van der Waals surface area contributed by atoms with Gasteiger partial charge < -0.3 is 9.88 Å². The van der Waals surface area contributed by atoms with Gasteiger partial charge in [0.15, 0.2) is 0 Å². The Kier molecular flexibility index (Phi) is 3.62. The smallest absolute Gasteiger partial charge is 0.267 e. The molecule has 0 unspecified atom stereocenters. The standard InChI is InChI=1S/C14H14ClN5O/c1-19-12-9-11(15)3-2-10(12)8-13(19)14(21)16-4-6-20-7-5-17-18-20/h2-3,5,7-9H,4,6H2,1H3,(H,16,21). The maximum atomic E-state index is 12.2. The van der Waals surface area contributed by atoms with Crippen molar-refractivity contribution in [3.05, 3.63) is 47.4 Å². The third-order valence-electron chi connectivity index (χ3n) is 3.34. The lowest BCUT2D eigenvalue weighted by Crippen LogP contribution is -2.28. The van der Waals surface area contributed by atoms with Crippen LogP contribution in [-0.2, 0) is 13.6 Å². The van der Waals surface area contributed by atoms with Gasteiger partial charge in [0.2, 0.25) is 0 Å². The Hall–Kier alpha value is -2.34. The lowest BCUT2D eigenvalue weighted by Gasteiger charge is -2.06. The largest absolute Gasteiger partial charge is 0.349 e. The molecule has 0 atom stereocenters. The van der Waals surface area contributed by atoms with Crippen molar-refractivity contribution in [2.24, 2.45) is 7.05 Å². The topological polar surface area (TPSA) is 64.7 Å². The second kappa shape index (κ2) is 5.57. The van der Waals surface area contributed by atoms with Crippen molar-refractivity contribution in [1.82, 2.24) is 24.9 Å². The Morgan fingerprint density at radius 1 is 1.38 bits per heavy atom. The summed E-state index contributed by atoms with van der Waals surface area (Å²) >= 11 is 5.99. The minimum absolute atomic E-state index is 0.120. The molecule has 0 saturated carbocycles. The zero-order valence-corrected chi connectivity index (χ0v) is 12.2. The molecular formula is C14H14ClN5O. The van der Waals surface area contributed by atoms with Gasteiger partial charge >= 0.3 is 0 Å². The highest BCUT2D eigenvalue weighted by Crippen LogP contribution is 2.22. The molecule has 7 heteroatoms. The molecule has 108 valence electrons. The average Bonchev–Trinajstić information content (AvgIpc) is 3.08. The summed E-state index contributed by atoms with van der Waals surface area (Å²) in [6.07, 6.45) is 3.36. The van der Waals surface area contributed by atoms with Crippen LogP contribution in [0.3, 0.4) is 0 Å². The van der Waals surface area contributed by atoms with E-state index in [1.54, 1.807) is 17.1 Å². The molecular weight excluding hydrogens is 290 g/mol. The third kappa shape index (κ3) is 2.75. The van der Waals surface area contributed by atoms with Gasteiger partial charge in [0.25, 0.3) is 5.91 Å². The fourth-order valence-corrected chi connectivity index (χ4v) is 2.41. The van der Waals surface area contributed by atoms with Crippen molar-refractivity contribution in [1.29, 1.82) is 0 Å². The predicted molar refractivity (Wildman–Crippen MR) is 80.3 cm³/mol. The van der Waals surface area contributed by atoms with Crippen LogP contribution in [0.25, 0.3) is 10.9 Å². The van der Waals surface area contributed by atoms with Crippen LogP contribution in [-0.4, -0.2) is 32.0 Å². The molecule has 0 aliphatic rings. The summed E-state index contributed by atoms with van der Waals surface area (Å²) in [5, 5.41) is 12.1. The Balaban J connectivity index is 1.73. The van der Waals surface area contributed by atoms with E-state index in [0.29, 0.717) is 23.8 Å². The fourth-order valence-electron chi connectivity index (χ4n) is 2.25. The van der Waals surface area contributed by atoms with Crippen molar-refractivity contribution < 1.29 is 4.79 Å². The van der Waals surface area contributed by atoms with E-state index in [-0.39, 0.29) is 5.91 Å². The van der Waals surface area contributed by atoms with E-state index in [9.17, 15) is 4.79 Å². The van der Waals surface area contributed by atoms with Crippen molar-refractivity contribution in [2.75, 3.05) is 6.54 Å². The molecule has 0 saturated heterocycles. The van der Waals surface area contributed by atoms with Crippen molar-refractivity contribution in [3.63, 3.8) is 0 Å². The summed E-state index contributed by atoms with van der Waals surface area (Å²) < 4.78 is 3.51. The van der Waals surface area contributed by atoms with E-state index < -0.39 is 0 Å². The molecule has 2 aromatic heterocycles. The molecule has 0 aliphatic carbocycles. The van der Waals surface area contributed by atoms with E-state index in [1.165, 1.54) is 0 Å². The van der Waals surface area contributed by atoms with Gasteiger partial charge in [-0.15, -0.1) is 5.10 Å². The molecule has 3 rings (SSSR count). The summed E-state index contributed by atoms with van der Waals surface area (Å²) in [4.78, 5) is 12.2. The minimum atomic E-state index is -0.120. The highest BCUT2D eigenvalue weighted by molar-refractivity contribution is 6.31. The summed E-state index contributed by atoms with van der Waals surface area (Å²) in [6.45, 7) is 1.08. The number of amides is 1. The number of fused-ring (bicyclic) bond motifs is 1. The molecule has 0 radical (unpaired) electrons. The molecule has 2 heterocycles. The zero-order valence-electron chi connectivity index (χ0n) is 11.5. The fraction of sp³-hybridized carbons (Fsp3) is 0.214. The van der Waals surface area contributed by atoms with Gasteiger partial charge in [0.1, 0.15) is 5.69 Å². The quantitative estimate of drug-likeness (QED) is 0.800. The number of hydrogen-bond donors (Lipinski definition) is 1. The maximum Gasteiger partial charge on any atom is 0.267 e. The maximum absolute atomic E-state index is 12.2. The van der Waals surface area contributed by atoms with Crippen LogP contribution in [0.1, 0.15) is 10.5 Å². The Labute approximate surface area is 126 Å². The van der Waals surface area contributed by atoms with Crippen molar-refractivity contribution in [3.8, 4) is 0 Å². The highest BCUT2D eigenvalue weighted by Gasteiger charge is 2.13. The number of hydrogen-bond acceptors (Lipinski definition) is 3. The molecule has 1 aromatic carbocycles. The molecule has 21 heavy (non-hydrogen) atoms. The van der Waals surface area contributed by atoms with Gasteiger partial charge in [-0.3, -0.25) is 9.48 Å². The van der Waals surface area contributed by atoms with Crippen molar-refractivity contribution in [2.45, 2.75) is 6.54 Å². The summed E-state index contributed by atoms with van der Waals surface area (Å²) in [5.74, 6) is -0.120. The first kappa shape index (κ1) is 13.6. The number of nitrogens with zero attached hydrogens (tertiary/aromatic N) is 4. The first-order valence-corrected chi connectivity index (χ1v) is 6.90. The lowest BCUT2D eigenvalue weighted by molar-refractivity contribution is 0.0944. The number of carbonyl (C=O) groups is 1. The predicted octanol–water partition coefficient (Wildman–Crippen LogP) is 1.85.